The second-order valence-electron chi connectivity index (χ2n) is 29.8. The normalized spacial score (nSPS) is 14.1. The molecule has 0 saturated heterocycles. The van der Waals surface area contributed by atoms with Gasteiger partial charge >= 0.3 is 18.2 Å². The minimum absolute atomic E-state index is 0.0371. The number of carbonyl (C=O) groups is 8. The van der Waals surface area contributed by atoms with Gasteiger partial charge in [0.25, 0.3) is 11.8 Å². The van der Waals surface area contributed by atoms with E-state index >= 15 is 33.6 Å². The Balaban J connectivity index is 1.45. The summed E-state index contributed by atoms with van der Waals surface area (Å²) in [6, 6.07) is 42.8. The molecule has 8 N–H and O–H groups in total. The van der Waals surface area contributed by atoms with Gasteiger partial charge in [-0.1, -0.05) is 152 Å². The number of amides is 7. The zero-order chi connectivity index (χ0) is 75.6. The van der Waals surface area contributed by atoms with Crippen molar-refractivity contribution in [3.8, 4) is 5.75 Å². The molecule has 103 heavy (non-hydrogen) atoms. The molecule has 0 radical (unpaired) electrons. The molecule has 1 heterocycles. The minimum atomic E-state index is -2.14. The predicted molar refractivity (Wildman–Crippen MR) is 402 cm³/mol. The molecule has 0 spiro atoms. The molecule has 7 aromatic rings. The summed E-state index contributed by atoms with van der Waals surface area (Å²) in [5.74, 6) is -5.88. The lowest BCUT2D eigenvalue weighted by atomic mass is 9.84. The van der Waals surface area contributed by atoms with Crippen molar-refractivity contribution in [3.05, 3.63) is 209 Å². The number of carboxylic acids is 1. The monoisotopic (exact) mass is 1430 g/mol. The molecular weight excluding hydrogens is 1330 g/mol. The van der Waals surface area contributed by atoms with E-state index in [1.807, 2.05) is 142 Å². The molecule has 0 saturated carbocycles. The first-order valence-corrected chi connectivity index (χ1v) is 36.0. The summed E-state index contributed by atoms with van der Waals surface area (Å²) >= 11 is 1.55. The highest BCUT2D eigenvalue weighted by Crippen LogP contribution is 2.49. The first-order chi connectivity index (χ1) is 48.5. The number of likely N-dealkylation sites (N-methyl/N-ethyl adjacent to an activating group) is 1. The molecule has 7 atom stereocenters. The number of nitrogens with zero attached hydrogens (tertiary/aromatic N) is 3. The Hall–Kier alpha value is -9.35. The molecule has 0 bridgehead atoms. The highest BCUT2D eigenvalue weighted by Gasteiger charge is 2.49. The van der Waals surface area contributed by atoms with Gasteiger partial charge in [-0.15, -0.1) is 11.8 Å². The van der Waals surface area contributed by atoms with Gasteiger partial charge in [-0.25, -0.2) is 24.2 Å². The fourth-order valence-electron chi connectivity index (χ4n) is 12.3. The zero-order valence-corrected chi connectivity index (χ0v) is 62.7. The quantitative estimate of drug-likeness (QED) is 0.0174. The summed E-state index contributed by atoms with van der Waals surface area (Å²) in [5.41, 5.74) is 13.6. The number of aromatic nitrogens is 1. The Morgan fingerprint density at radius 1 is 0.534 bits per heavy atom. The van der Waals surface area contributed by atoms with Gasteiger partial charge in [0.2, 0.25) is 17.7 Å². The van der Waals surface area contributed by atoms with Crippen LogP contribution in [0.4, 0.5) is 9.59 Å². The lowest BCUT2D eigenvalue weighted by Crippen LogP contribution is -2.65. The number of thioether (sulfide) groups is 1. The van der Waals surface area contributed by atoms with Crippen LogP contribution in [0.15, 0.2) is 176 Å². The fraction of sp³-hybridized carbons (Fsp3) is 0.432. The van der Waals surface area contributed by atoms with Crippen LogP contribution in [-0.2, 0) is 67.0 Å². The second kappa shape index (κ2) is 35.7. The van der Waals surface area contributed by atoms with Crippen LogP contribution in [-0.4, -0.2) is 157 Å². The van der Waals surface area contributed by atoms with Gasteiger partial charge < -0.3 is 56.0 Å². The van der Waals surface area contributed by atoms with Crippen molar-refractivity contribution in [2.24, 2.45) is 11.5 Å². The number of fused-ring (bicyclic) bond motifs is 1. The summed E-state index contributed by atoms with van der Waals surface area (Å²) in [4.78, 5) is 130. The van der Waals surface area contributed by atoms with Crippen molar-refractivity contribution < 1.29 is 62.4 Å². The largest absolute Gasteiger partial charge is 0.488 e. The molecule has 0 fully saturated rings. The van der Waals surface area contributed by atoms with Gasteiger partial charge in [0.1, 0.15) is 46.7 Å². The average Bonchev–Trinajstić information content (AvgIpc) is 0.908. The summed E-state index contributed by atoms with van der Waals surface area (Å²) in [7, 11) is 1.48. The number of nitrogens with one attached hydrogen (secondary N) is 3. The number of nitrogens with two attached hydrogens (primary N) is 2. The average molecular weight is 1430 g/mol. The molecule has 552 valence electrons. The van der Waals surface area contributed by atoms with E-state index in [0.29, 0.717) is 37.6 Å². The molecule has 0 unspecified atom stereocenters. The number of carbonyl (C=O) groups excluding carboxylic acids is 7. The van der Waals surface area contributed by atoms with Crippen LogP contribution in [0.1, 0.15) is 149 Å². The molecule has 22 heteroatoms. The Labute approximate surface area is 610 Å². The SMILES string of the molecule is C[C@@H](OC(C)(C)C)[C@H](NC(=O)[C@H](CCCCN)N(C(=O)OC(C)(C)C)C(=O)[C@@H](Cc1c[nH]c2ccccc12)N(C(=O)OC(C)(C)C)C(=O)[C@H](Cc1ccc(OC(C)(C)C)cc1)NC(=O)[C@@H](CCSC(c1ccccc1)(c1ccccc1)c1ccccc1)N(C)C(=O)[C@@H](N)Cc1ccccc1)C(=O)O. The number of imide groups is 2. The van der Waals surface area contributed by atoms with Gasteiger partial charge in [-0.3, -0.25) is 24.0 Å². The third-order valence-electron chi connectivity index (χ3n) is 16.8. The van der Waals surface area contributed by atoms with Crippen molar-refractivity contribution in [2.75, 3.05) is 19.3 Å². The number of aliphatic carboxylic acids is 1. The Kier molecular flexibility index (Phi) is 28.1. The molecule has 6 aromatic carbocycles. The Morgan fingerprint density at radius 2 is 1.02 bits per heavy atom. The topological polar surface area (TPSA) is 295 Å². The fourth-order valence-corrected chi connectivity index (χ4v) is 13.9. The Bertz CT molecular complexity index is 3870. The van der Waals surface area contributed by atoms with E-state index in [9.17, 15) is 9.90 Å². The molecule has 7 amide bonds. The van der Waals surface area contributed by atoms with E-state index in [2.05, 4.69) is 15.6 Å². The van der Waals surface area contributed by atoms with Crippen LogP contribution in [0.25, 0.3) is 10.9 Å². The van der Waals surface area contributed by atoms with Crippen molar-refractivity contribution in [3.63, 3.8) is 0 Å². The first-order valence-electron chi connectivity index (χ1n) is 35.0. The van der Waals surface area contributed by atoms with Crippen LogP contribution < -0.4 is 26.8 Å². The third-order valence-corrected chi connectivity index (χ3v) is 18.4. The van der Waals surface area contributed by atoms with Gasteiger partial charge in [0.05, 0.1) is 22.5 Å². The van der Waals surface area contributed by atoms with E-state index in [1.165, 1.54) is 39.6 Å². The highest BCUT2D eigenvalue weighted by atomic mass is 32.2. The minimum Gasteiger partial charge on any atom is -0.488 e. The van der Waals surface area contributed by atoms with E-state index < -0.39 is 124 Å². The van der Waals surface area contributed by atoms with Gasteiger partial charge in [-0.2, -0.15) is 0 Å². The zero-order valence-electron chi connectivity index (χ0n) is 61.9. The standard InChI is InChI=1S/C81H104N8O13S/c1-53(99-77(2,3)4)68(74(95)96)86-70(91)66(41-29-30-47-82)88(75(97)101-79(8,9)10)73(94)67(51-56-52-84-63-40-28-27-39-61(56)63)89(76(98)102-80(11,12)13)72(93)64(50-55-42-44-60(45-43-55)100-78(5,6)7)85-69(90)65(87(14)71(92)62(83)49-54-31-19-15-20-32-54)46-48-103-81(57-33-21-16-22-34-57,58-35-23-17-24-36-58)59-37-25-18-26-38-59/h15-28,31-40,42-45,52-53,62,64-68,84H,29-30,41,46-51,82-83H2,1-14H3,(H,85,90)(H,86,91)(H,95,96)/t53-,62+,64+,65-,66+,67-,68+/m1/s1. The number of aromatic amines is 1. The van der Waals surface area contributed by atoms with Gasteiger partial charge in [0.15, 0.2) is 6.04 Å². The summed E-state index contributed by atoms with van der Waals surface area (Å²) < 4.78 is 23.5. The molecule has 0 aliphatic rings. The van der Waals surface area contributed by atoms with Crippen molar-refractivity contribution in [1.29, 1.82) is 0 Å². The van der Waals surface area contributed by atoms with E-state index in [-0.39, 0.29) is 50.8 Å². The van der Waals surface area contributed by atoms with E-state index in [4.69, 9.17) is 30.4 Å². The number of carboxylic acid groups (broad SMARTS) is 1. The van der Waals surface area contributed by atoms with Crippen LogP contribution in [0.3, 0.4) is 0 Å². The maximum Gasteiger partial charge on any atom is 0.417 e. The van der Waals surface area contributed by atoms with E-state index in [0.717, 1.165) is 22.3 Å². The summed E-state index contributed by atoms with van der Waals surface area (Å²) in [5, 5.41) is 16.8. The number of benzene rings is 6. The van der Waals surface area contributed by atoms with E-state index in [1.54, 1.807) is 108 Å². The molecule has 0 aliphatic carbocycles. The predicted octanol–water partition coefficient (Wildman–Crippen LogP) is 12.3. The summed E-state index contributed by atoms with van der Waals surface area (Å²) in [6.45, 7) is 21.6. The van der Waals surface area contributed by atoms with Crippen LogP contribution in [0.5, 0.6) is 5.75 Å². The molecular formula is C81H104N8O13S. The molecule has 0 aliphatic heterocycles. The van der Waals surface area contributed by atoms with Crippen LogP contribution >= 0.6 is 11.8 Å². The number of hydrogen-bond donors (Lipinski definition) is 6. The maximum atomic E-state index is 16.9. The number of para-hydroxylation sites is 1. The van der Waals surface area contributed by atoms with Crippen molar-refractivity contribution in [1.82, 2.24) is 30.3 Å². The van der Waals surface area contributed by atoms with Gasteiger partial charge in [-0.05, 0) is 186 Å². The summed E-state index contributed by atoms with van der Waals surface area (Å²) in [6.07, 6.45) is -3.15. The molecule has 21 nitrogen and oxygen atoms in total. The third kappa shape index (κ3) is 22.8. The number of hydrogen-bond acceptors (Lipinski definition) is 15. The van der Waals surface area contributed by atoms with Crippen molar-refractivity contribution >= 4 is 70.4 Å². The van der Waals surface area contributed by atoms with Gasteiger partial charge in [0, 0.05) is 37.0 Å². The lowest BCUT2D eigenvalue weighted by molar-refractivity contribution is -0.153. The first kappa shape index (κ1) is 81.0. The highest BCUT2D eigenvalue weighted by molar-refractivity contribution is 8.00. The maximum absolute atomic E-state index is 16.9. The Morgan fingerprint density at radius 3 is 1.51 bits per heavy atom. The molecule has 7 rings (SSSR count). The lowest BCUT2D eigenvalue weighted by Gasteiger charge is -2.39. The van der Waals surface area contributed by atoms with Crippen LogP contribution in [0, 0.1) is 0 Å². The number of rotatable bonds is 31. The second-order valence-corrected chi connectivity index (χ2v) is 31.1. The number of H-pyrrole nitrogens is 1. The van der Waals surface area contributed by atoms with Crippen LogP contribution in [0.2, 0.25) is 0 Å². The number of unbranched alkanes of at least 4 members (excludes halogenated alkanes) is 1. The van der Waals surface area contributed by atoms with Crippen molar-refractivity contribution in [2.45, 2.75) is 204 Å². The smallest absolute Gasteiger partial charge is 0.417 e. The molecule has 1 aromatic heterocycles. The number of ether oxygens (including phenoxy) is 4.